The van der Waals surface area contributed by atoms with E-state index < -0.39 is 0 Å². The number of imidazole rings is 1. The van der Waals surface area contributed by atoms with E-state index in [0.717, 1.165) is 11.2 Å². The summed E-state index contributed by atoms with van der Waals surface area (Å²) in [6, 6.07) is 10.1. The van der Waals surface area contributed by atoms with Gasteiger partial charge in [0.2, 0.25) is 0 Å². The van der Waals surface area contributed by atoms with Crippen molar-refractivity contribution < 1.29 is 0 Å². The lowest BCUT2D eigenvalue weighted by molar-refractivity contribution is 0.777. The molecule has 3 rings (SSSR count). The van der Waals surface area contributed by atoms with Crippen molar-refractivity contribution in [3.05, 3.63) is 51.6 Å². The van der Waals surface area contributed by atoms with E-state index in [2.05, 4.69) is 27.1 Å². The SMILES string of the molecule is S=c1[nH]c(=S)n(Cc2ccccc2)c2nc[nH]c12. The molecule has 6 heteroatoms. The molecule has 18 heavy (non-hydrogen) atoms. The summed E-state index contributed by atoms with van der Waals surface area (Å²) >= 11 is 10.5. The predicted octanol–water partition coefficient (Wildman–Crippen LogP) is 3.20. The highest BCUT2D eigenvalue weighted by Crippen LogP contribution is 2.12. The first-order valence-electron chi connectivity index (χ1n) is 5.46. The zero-order valence-corrected chi connectivity index (χ0v) is 11.0. The van der Waals surface area contributed by atoms with E-state index in [4.69, 9.17) is 24.4 Å². The van der Waals surface area contributed by atoms with Crippen LogP contribution >= 0.6 is 24.4 Å². The van der Waals surface area contributed by atoms with Gasteiger partial charge in [0.1, 0.15) is 10.2 Å². The summed E-state index contributed by atoms with van der Waals surface area (Å²) in [7, 11) is 0. The Hall–Kier alpha value is -1.79. The second-order valence-electron chi connectivity index (χ2n) is 3.93. The second kappa shape index (κ2) is 4.47. The van der Waals surface area contributed by atoms with Crippen LogP contribution in [0.25, 0.3) is 11.2 Å². The lowest BCUT2D eigenvalue weighted by Crippen LogP contribution is -2.05. The van der Waals surface area contributed by atoms with Gasteiger partial charge in [0.15, 0.2) is 10.4 Å². The minimum atomic E-state index is 0.587. The van der Waals surface area contributed by atoms with E-state index in [1.54, 1.807) is 6.33 Å². The van der Waals surface area contributed by atoms with Gasteiger partial charge in [-0.3, -0.25) is 4.57 Å². The van der Waals surface area contributed by atoms with E-state index in [1.807, 2.05) is 22.8 Å². The van der Waals surface area contributed by atoms with Crippen molar-refractivity contribution in [3.63, 3.8) is 0 Å². The van der Waals surface area contributed by atoms with Crippen LogP contribution in [0.2, 0.25) is 0 Å². The van der Waals surface area contributed by atoms with E-state index in [-0.39, 0.29) is 0 Å². The molecule has 0 bridgehead atoms. The summed E-state index contributed by atoms with van der Waals surface area (Å²) in [5.41, 5.74) is 2.77. The molecule has 0 fully saturated rings. The third kappa shape index (κ3) is 1.89. The smallest absolute Gasteiger partial charge is 0.180 e. The van der Waals surface area contributed by atoms with Gasteiger partial charge in [-0.15, -0.1) is 0 Å². The van der Waals surface area contributed by atoms with Crippen molar-refractivity contribution in [2.24, 2.45) is 0 Å². The zero-order chi connectivity index (χ0) is 12.5. The fourth-order valence-electron chi connectivity index (χ4n) is 1.89. The van der Waals surface area contributed by atoms with Crippen molar-refractivity contribution in [3.8, 4) is 0 Å². The number of aromatic nitrogens is 4. The third-order valence-electron chi connectivity index (χ3n) is 2.75. The Balaban J connectivity index is 2.21. The van der Waals surface area contributed by atoms with Crippen molar-refractivity contribution in [2.75, 3.05) is 0 Å². The Kier molecular flexibility index (Phi) is 2.81. The molecule has 1 aromatic carbocycles. The molecule has 4 nitrogen and oxygen atoms in total. The minimum absolute atomic E-state index is 0.587. The summed E-state index contributed by atoms with van der Waals surface area (Å²) in [4.78, 5) is 10.3. The van der Waals surface area contributed by atoms with Crippen molar-refractivity contribution in [1.29, 1.82) is 0 Å². The number of nitrogens with one attached hydrogen (secondary N) is 2. The van der Waals surface area contributed by atoms with E-state index in [0.29, 0.717) is 16.0 Å². The summed E-state index contributed by atoms with van der Waals surface area (Å²) in [6.07, 6.45) is 1.63. The average Bonchev–Trinajstić information content (AvgIpc) is 2.85. The van der Waals surface area contributed by atoms with Crippen molar-refractivity contribution in [1.82, 2.24) is 19.5 Å². The Morgan fingerprint density at radius 1 is 1.17 bits per heavy atom. The molecule has 3 aromatic rings. The summed E-state index contributed by atoms with van der Waals surface area (Å²) < 4.78 is 3.12. The lowest BCUT2D eigenvalue weighted by Gasteiger charge is -2.08. The number of aromatic amines is 2. The summed E-state index contributed by atoms with van der Waals surface area (Å²) in [6.45, 7) is 0.674. The van der Waals surface area contributed by atoms with Crippen LogP contribution in [-0.4, -0.2) is 19.5 Å². The molecule has 0 saturated carbocycles. The van der Waals surface area contributed by atoms with Gasteiger partial charge in [-0.05, 0) is 17.8 Å². The number of hydrogen-bond acceptors (Lipinski definition) is 3. The van der Waals surface area contributed by atoms with Gasteiger partial charge in [-0.1, -0.05) is 42.5 Å². The number of hydrogen-bond donors (Lipinski definition) is 2. The molecule has 0 spiro atoms. The topological polar surface area (TPSA) is 49.4 Å². The first kappa shape index (κ1) is 11.3. The molecule has 0 atom stereocenters. The number of nitrogens with zero attached hydrogens (tertiary/aromatic N) is 2. The fraction of sp³-hybridized carbons (Fsp3) is 0.0833. The molecule has 90 valence electrons. The molecular formula is C12H10N4S2. The maximum atomic E-state index is 5.32. The van der Waals surface area contributed by atoms with Gasteiger partial charge in [-0.25, -0.2) is 4.98 Å². The Labute approximate surface area is 113 Å². The summed E-state index contributed by atoms with van der Waals surface area (Å²) in [5, 5.41) is 0. The van der Waals surface area contributed by atoms with Gasteiger partial charge >= 0.3 is 0 Å². The van der Waals surface area contributed by atoms with E-state index in [9.17, 15) is 0 Å². The minimum Gasteiger partial charge on any atom is -0.341 e. The molecule has 2 N–H and O–H groups in total. The maximum Gasteiger partial charge on any atom is 0.180 e. The third-order valence-corrected chi connectivity index (χ3v) is 3.38. The highest BCUT2D eigenvalue weighted by atomic mass is 32.1. The van der Waals surface area contributed by atoms with Gasteiger partial charge < -0.3 is 9.97 Å². The van der Waals surface area contributed by atoms with Crippen LogP contribution in [0.4, 0.5) is 0 Å². The molecule has 2 aromatic heterocycles. The van der Waals surface area contributed by atoms with Crippen LogP contribution in [-0.2, 0) is 6.54 Å². The second-order valence-corrected chi connectivity index (χ2v) is 4.73. The predicted molar refractivity (Wildman–Crippen MR) is 75.6 cm³/mol. The standard InChI is InChI=1S/C12H10N4S2/c17-11-9-10(14-7-13-9)16(12(18)15-11)6-8-4-2-1-3-5-8/h1-5,7H,6H2,(H,13,14)(H,15,17,18). The molecule has 0 aliphatic rings. The zero-order valence-electron chi connectivity index (χ0n) is 9.38. The van der Waals surface area contributed by atoms with Crippen LogP contribution in [0.15, 0.2) is 36.7 Å². The molecule has 0 radical (unpaired) electrons. The monoisotopic (exact) mass is 274 g/mol. The Morgan fingerprint density at radius 3 is 2.72 bits per heavy atom. The van der Waals surface area contributed by atoms with Crippen LogP contribution in [0.5, 0.6) is 0 Å². The quantitative estimate of drug-likeness (QED) is 0.706. The number of H-pyrrole nitrogens is 2. The molecule has 0 unspecified atom stereocenters. The Morgan fingerprint density at radius 2 is 1.94 bits per heavy atom. The Bertz CT molecular complexity index is 798. The van der Waals surface area contributed by atoms with E-state index in [1.165, 1.54) is 5.56 Å². The molecule has 0 aliphatic carbocycles. The summed E-state index contributed by atoms with van der Waals surface area (Å²) in [5.74, 6) is 0. The number of fused-ring (bicyclic) bond motifs is 1. The highest BCUT2D eigenvalue weighted by Gasteiger charge is 2.06. The van der Waals surface area contributed by atoms with Gasteiger partial charge in [0.05, 0.1) is 12.9 Å². The molecular weight excluding hydrogens is 264 g/mol. The van der Waals surface area contributed by atoms with E-state index >= 15 is 0 Å². The maximum absolute atomic E-state index is 5.32. The molecule has 2 heterocycles. The number of rotatable bonds is 2. The van der Waals surface area contributed by atoms with Crippen LogP contribution in [0.3, 0.4) is 0 Å². The lowest BCUT2D eigenvalue weighted by atomic mass is 10.2. The largest absolute Gasteiger partial charge is 0.341 e. The first-order valence-corrected chi connectivity index (χ1v) is 6.27. The molecule has 0 aliphatic heterocycles. The number of benzene rings is 1. The molecule has 0 saturated heterocycles. The van der Waals surface area contributed by atoms with Gasteiger partial charge in [-0.2, -0.15) is 0 Å². The van der Waals surface area contributed by atoms with Gasteiger partial charge in [0, 0.05) is 0 Å². The first-order chi connectivity index (χ1) is 8.75. The fourth-order valence-corrected chi connectivity index (χ4v) is 2.46. The highest BCUT2D eigenvalue weighted by molar-refractivity contribution is 7.72. The van der Waals surface area contributed by atoms with Crippen LogP contribution in [0, 0.1) is 9.41 Å². The van der Waals surface area contributed by atoms with Gasteiger partial charge in [0.25, 0.3) is 0 Å². The van der Waals surface area contributed by atoms with Crippen molar-refractivity contribution >= 4 is 35.6 Å². The van der Waals surface area contributed by atoms with Crippen LogP contribution in [0.1, 0.15) is 5.56 Å². The molecule has 0 amide bonds. The van der Waals surface area contributed by atoms with Crippen molar-refractivity contribution in [2.45, 2.75) is 6.54 Å². The average molecular weight is 274 g/mol. The van der Waals surface area contributed by atoms with Crippen LogP contribution < -0.4 is 0 Å². The normalized spacial score (nSPS) is 10.9.